The minimum absolute atomic E-state index is 0.0922. The Hall–Kier alpha value is -1.65. The summed E-state index contributed by atoms with van der Waals surface area (Å²) in [6.45, 7) is 5.09. The maximum Gasteiger partial charge on any atom is 0.306 e. The van der Waals surface area contributed by atoms with E-state index in [4.69, 9.17) is 9.47 Å². The Bertz CT molecular complexity index is 320. The molecule has 1 aliphatic heterocycles. The smallest absolute Gasteiger partial charge is 0.306 e. The summed E-state index contributed by atoms with van der Waals surface area (Å²) in [4.78, 5) is 32.2. The van der Waals surface area contributed by atoms with E-state index < -0.39 is 18.0 Å². The zero-order valence-electron chi connectivity index (χ0n) is 9.10. The zero-order chi connectivity index (χ0) is 12.1. The maximum atomic E-state index is 11.0. The van der Waals surface area contributed by atoms with Gasteiger partial charge in [-0.05, 0) is 5.57 Å². The first-order valence-electron chi connectivity index (χ1n) is 4.97. The third-order valence-corrected chi connectivity index (χ3v) is 2.31. The normalized spacial score (nSPS) is 23.7. The van der Waals surface area contributed by atoms with Crippen LogP contribution in [0.15, 0.2) is 12.2 Å². The summed E-state index contributed by atoms with van der Waals surface area (Å²) >= 11 is 0. The molecule has 88 valence electrons. The summed E-state index contributed by atoms with van der Waals surface area (Å²) in [5, 5.41) is 0. The monoisotopic (exact) mass is 226 g/mol. The average molecular weight is 226 g/mol. The van der Waals surface area contributed by atoms with E-state index in [1.165, 1.54) is 6.92 Å². The predicted molar refractivity (Wildman–Crippen MR) is 54.4 cm³/mol. The van der Waals surface area contributed by atoms with Crippen LogP contribution in [0.4, 0.5) is 0 Å². The first kappa shape index (κ1) is 12.4. The highest BCUT2D eigenvalue weighted by Crippen LogP contribution is 2.25. The molecule has 5 heteroatoms. The lowest BCUT2D eigenvalue weighted by Gasteiger charge is -2.14. The molecule has 0 aromatic heterocycles. The molecule has 5 nitrogen and oxygen atoms in total. The van der Waals surface area contributed by atoms with Gasteiger partial charge in [-0.2, -0.15) is 0 Å². The van der Waals surface area contributed by atoms with Gasteiger partial charge >= 0.3 is 11.9 Å². The number of hydrogen-bond donors (Lipinski definition) is 0. The Morgan fingerprint density at radius 2 is 2.38 bits per heavy atom. The van der Waals surface area contributed by atoms with Crippen molar-refractivity contribution in [3.8, 4) is 0 Å². The van der Waals surface area contributed by atoms with Gasteiger partial charge in [0.2, 0.25) is 0 Å². The third-order valence-electron chi connectivity index (χ3n) is 2.31. The van der Waals surface area contributed by atoms with E-state index in [-0.39, 0.29) is 19.0 Å². The molecule has 0 spiro atoms. The Morgan fingerprint density at radius 1 is 1.69 bits per heavy atom. The van der Waals surface area contributed by atoms with Gasteiger partial charge in [-0.1, -0.05) is 6.58 Å². The lowest BCUT2D eigenvalue weighted by Crippen LogP contribution is -2.19. The molecule has 1 fully saturated rings. The first-order valence-corrected chi connectivity index (χ1v) is 4.97. The second-order valence-electron chi connectivity index (χ2n) is 3.77. The Morgan fingerprint density at radius 3 is 2.94 bits per heavy atom. The van der Waals surface area contributed by atoms with Crippen molar-refractivity contribution < 1.29 is 23.9 Å². The third kappa shape index (κ3) is 3.49. The number of esters is 2. The molecular formula is C11H14O5. The predicted octanol–water partition coefficient (Wildman–Crippen LogP) is 0.626. The molecule has 16 heavy (non-hydrogen) atoms. The van der Waals surface area contributed by atoms with Gasteiger partial charge in [-0.15, -0.1) is 0 Å². The maximum absolute atomic E-state index is 11.0. The van der Waals surface area contributed by atoms with Gasteiger partial charge in [-0.25, -0.2) is 0 Å². The van der Waals surface area contributed by atoms with Crippen molar-refractivity contribution >= 4 is 18.2 Å². The van der Waals surface area contributed by atoms with Crippen LogP contribution >= 0.6 is 0 Å². The minimum atomic E-state index is -0.465. The highest BCUT2D eigenvalue weighted by molar-refractivity contribution is 5.77. The van der Waals surface area contributed by atoms with Crippen LogP contribution < -0.4 is 0 Å². The van der Waals surface area contributed by atoms with Crippen molar-refractivity contribution in [1.82, 2.24) is 0 Å². The van der Waals surface area contributed by atoms with E-state index in [1.54, 1.807) is 0 Å². The zero-order valence-corrected chi connectivity index (χ0v) is 9.10. The number of ether oxygens (including phenoxy) is 2. The molecule has 0 saturated carbocycles. The van der Waals surface area contributed by atoms with E-state index in [0.717, 1.165) is 0 Å². The van der Waals surface area contributed by atoms with Crippen LogP contribution in [0.25, 0.3) is 0 Å². The molecule has 1 aliphatic rings. The minimum Gasteiger partial charge on any atom is -0.461 e. The first-order chi connectivity index (χ1) is 7.52. The van der Waals surface area contributed by atoms with Crippen molar-refractivity contribution in [2.45, 2.75) is 25.9 Å². The largest absolute Gasteiger partial charge is 0.461 e. The van der Waals surface area contributed by atoms with Crippen molar-refractivity contribution in [3.05, 3.63) is 12.2 Å². The van der Waals surface area contributed by atoms with E-state index in [1.807, 2.05) is 0 Å². The van der Waals surface area contributed by atoms with Crippen LogP contribution in [0.1, 0.15) is 19.8 Å². The van der Waals surface area contributed by atoms with E-state index in [2.05, 4.69) is 6.58 Å². The fraction of sp³-hybridized carbons (Fsp3) is 0.545. The highest BCUT2D eigenvalue weighted by Gasteiger charge is 2.34. The molecule has 0 radical (unpaired) electrons. The molecule has 0 bridgehead atoms. The Labute approximate surface area is 93.4 Å². The number of hydrogen-bond acceptors (Lipinski definition) is 5. The van der Waals surface area contributed by atoms with Crippen LogP contribution in [0, 0.1) is 5.92 Å². The molecule has 0 aromatic carbocycles. The van der Waals surface area contributed by atoms with Gasteiger partial charge in [0.25, 0.3) is 0 Å². The van der Waals surface area contributed by atoms with Gasteiger partial charge in [0.05, 0.1) is 12.3 Å². The van der Waals surface area contributed by atoms with Gasteiger partial charge in [0.1, 0.15) is 19.0 Å². The lowest BCUT2D eigenvalue weighted by molar-refractivity contribution is -0.143. The molecule has 0 amide bonds. The summed E-state index contributed by atoms with van der Waals surface area (Å²) in [7, 11) is 0. The van der Waals surface area contributed by atoms with Crippen LogP contribution in [0.2, 0.25) is 0 Å². The van der Waals surface area contributed by atoms with Crippen molar-refractivity contribution in [2.75, 3.05) is 6.61 Å². The summed E-state index contributed by atoms with van der Waals surface area (Å²) in [5.41, 5.74) is 0.627. The molecular weight excluding hydrogens is 212 g/mol. The summed E-state index contributed by atoms with van der Waals surface area (Å²) in [6.07, 6.45) is 0.722. The van der Waals surface area contributed by atoms with E-state index >= 15 is 0 Å². The molecule has 1 rings (SSSR count). The second kappa shape index (κ2) is 5.44. The quantitative estimate of drug-likeness (QED) is 0.390. The second-order valence-corrected chi connectivity index (χ2v) is 3.77. The standard InChI is InChI=1S/C11H14O5/c1-7(6-15-8(2)13)3-10-9(5-12)4-11(14)16-10/h5,9-10H,1,3-4,6H2,2H3/t9-,10-/m0/s1. The molecule has 0 N–H and O–H groups in total. The summed E-state index contributed by atoms with van der Waals surface area (Å²) < 4.78 is 9.71. The summed E-state index contributed by atoms with van der Waals surface area (Å²) in [5.74, 6) is -1.18. The van der Waals surface area contributed by atoms with E-state index in [0.29, 0.717) is 18.3 Å². The number of carbonyl (C=O) groups excluding carboxylic acids is 3. The topological polar surface area (TPSA) is 69.7 Å². The fourth-order valence-corrected chi connectivity index (χ4v) is 1.50. The molecule has 1 heterocycles. The van der Waals surface area contributed by atoms with Crippen molar-refractivity contribution in [2.24, 2.45) is 5.92 Å². The molecule has 1 saturated heterocycles. The number of carbonyl (C=O) groups is 3. The van der Waals surface area contributed by atoms with Crippen molar-refractivity contribution in [3.63, 3.8) is 0 Å². The fourth-order valence-electron chi connectivity index (χ4n) is 1.50. The Kier molecular flexibility index (Phi) is 4.22. The van der Waals surface area contributed by atoms with Gasteiger partial charge in [0.15, 0.2) is 0 Å². The van der Waals surface area contributed by atoms with Crippen LogP contribution in [0.5, 0.6) is 0 Å². The van der Waals surface area contributed by atoms with Crippen LogP contribution in [-0.4, -0.2) is 30.9 Å². The van der Waals surface area contributed by atoms with E-state index in [9.17, 15) is 14.4 Å². The van der Waals surface area contributed by atoms with Gasteiger partial charge in [-0.3, -0.25) is 9.59 Å². The van der Waals surface area contributed by atoms with Crippen LogP contribution in [0.3, 0.4) is 0 Å². The number of cyclic esters (lactones) is 1. The summed E-state index contributed by atoms with van der Waals surface area (Å²) in [6, 6.07) is 0. The molecule has 0 aromatic rings. The lowest BCUT2D eigenvalue weighted by atomic mass is 9.98. The number of aldehydes is 1. The SMILES string of the molecule is C=C(COC(C)=O)C[C@@H]1OC(=O)C[C@H]1C=O. The molecule has 0 unspecified atom stereocenters. The van der Waals surface area contributed by atoms with Crippen LogP contribution in [-0.2, 0) is 23.9 Å². The number of rotatable bonds is 5. The highest BCUT2D eigenvalue weighted by atomic mass is 16.6. The average Bonchev–Trinajstić information content (AvgIpc) is 2.55. The van der Waals surface area contributed by atoms with Gasteiger partial charge in [0, 0.05) is 13.3 Å². The molecule has 0 aliphatic carbocycles. The van der Waals surface area contributed by atoms with Crippen molar-refractivity contribution in [1.29, 1.82) is 0 Å². The Balaban J connectivity index is 2.41. The molecule has 2 atom stereocenters. The van der Waals surface area contributed by atoms with Gasteiger partial charge < -0.3 is 14.3 Å².